The first-order valence-corrected chi connectivity index (χ1v) is 14.1. The van der Waals surface area contributed by atoms with Crippen LogP contribution in [0.1, 0.15) is 23.6 Å². The Hall–Kier alpha value is -4.79. The Labute approximate surface area is 258 Å². The lowest BCUT2D eigenvalue weighted by atomic mass is 10.1. The van der Waals surface area contributed by atoms with Crippen LogP contribution < -0.4 is 24.4 Å². The summed E-state index contributed by atoms with van der Waals surface area (Å²) in [7, 11) is 0. The van der Waals surface area contributed by atoms with Gasteiger partial charge in [0.05, 0.1) is 17.3 Å². The Morgan fingerprint density at radius 2 is 1.51 bits per heavy atom. The first-order chi connectivity index (χ1) is 20.8. The van der Waals surface area contributed by atoms with Crippen LogP contribution in [0.2, 0.25) is 10.0 Å². The highest BCUT2D eigenvalue weighted by Gasteiger charge is 2.37. The number of rotatable bonds is 10. The summed E-state index contributed by atoms with van der Waals surface area (Å²) in [6.07, 6.45) is 1.35. The molecule has 43 heavy (non-hydrogen) atoms. The maximum Gasteiger partial charge on any atom is 0.335 e. The number of ether oxygens (including phenoxy) is 3. The summed E-state index contributed by atoms with van der Waals surface area (Å²) >= 11 is 12.7. The van der Waals surface area contributed by atoms with Gasteiger partial charge in [-0.15, -0.1) is 0 Å². The van der Waals surface area contributed by atoms with Gasteiger partial charge in [-0.25, -0.2) is 9.69 Å². The molecule has 4 amide bonds. The van der Waals surface area contributed by atoms with Crippen molar-refractivity contribution in [2.24, 2.45) is 0 Å². The van der Waals surface area contributed by atoms with Gasteiger partial charge in [0.15, 0.2) is 11.5 Å². The molecule has 218 valence electrons. The van der Waals surface area contributed by atoms with E-state index in [0.717, 1.165) is 16.0 Å². The summed E-state index contributed by atoms with van der Waals surface area (Å²) in [4.78, 5) is 39.8. The molecular weight excluding hydrogens is 591 g/mol. The van der Waals surface area contributed by atoms with E-state index in [2.05, 4.69) is 5.32 Å². The number of nitrogens with zero attached hydrogens (tertiary/aromatic N) is 1. The predicted octanol–water partition coefficient (Wildman–Crippen LogP) is 7.22. The Morgan fingerprint density at radius 1 is 0.791 bits per heavy atom. The van der Waals surface area contributed by atoms with Crippen LogP contribution in [0.3, 0.4) is 0 Å². The molecule has 0 radical (unpaired) electrons. The third kappa shape index (κ3) is 6.99. The minimum Gasteiger partial charge on any atom is -0.490 e. The molecule has 0 bridgehead atoms. The van der Waals surface area contributed by atoms with E-state index >= 15 is 0 Å². The van der Waals surface area contributed by atoms with Crippen LogP contribution >= 0.6 is 23.2 Å². The van der Waals surface area contributed by atoms with E-state index < -0.39 is 17.8 Å². The lowest BCUT2D eigenvalue weighted by molar-refractivity contribution is -0.122. The smallest absolute Gasteiger partial charge is 0.335 e. The molecule has 10 heteroatoms. The van der Waals surface area contributed by atoms with Crippen LogP contribution in [0.25, 0.3) is 6.08 Å². The lowest BCUT2D eigenvalue weighted by Gasteiger charge is -2.26. The third-order valence-electron chi connectivity index (χ3n) is 6.42. The van der Waals surface area contributed by atoms with Gasteiger partial charge in [0, 0.05) is 10.6 Å². The van der Waals surface area contributed by atoms with Crippen LogP contribution in [0.5, 0.6) is 17.2 Å². The van der Waals surface area contributed by atoms with Crippen molar-refractivity contribution < 1.29 is 28.6 Å². The molecule has 0 spiro atoms. The van der Waals surface area contributed by atoms with Crippen molar-refractivity contribution in [3.05, 3.63) is 123 Å². The third-order valence-corrected chi connectivity index (χ3v) is 7.07. The Bertz CT molecular complexity index is 1690. The van der Waals surface area contributed by atoms with Crippen molar-refractivity contribution in [2.45, 2.75) is 20.1 Å². The second kappa shape index (κ2) is 13.5. The summed E-state index contributed by atoms with van der Waals surface area (Å²) in [6.45, 7) is 2.65. The number of hydrogen-bond acceptors (Lipinski definition) is 6. The molecule has 1 aliphatic rings. The zero-order chi connectivity index (χ0) is 30.3. The van der Waals surface area contributed by atoms with E-state index in [1.807, 2.05) is 55.5 Å². The largest absolute Gasteiger partial charge is 0.490 e. The summed E-state index contributed by atoms with van der Waals surface area (Å²) in [5, 5.41) is 3.04. The van der Waals surface area contributed by atoms with Crippen molar-refractivity contribution >= 4 is 52.8 Å². The summed E-state index contributed by atoms with van der Waals surface area (Å²) in [5.74, 6) is -0.432. The molecular formula is C33H26Cl2N2O6. The van der Waals surface area contributed by atoms with Gasteiger partial charge in [0.2, 0.25) is 0 Å². The molecule has 4 aromatic carbocycles. The molecule has 1 N–H and O–H groups in total. The Balaban J connectivity index is 1.36. The van der Waals surface area contributed by atoms with Crippen LogP contribution in [0, 0.1) is 0 Å². The molecule has 0 unspecified atom stereocenters. The normalized spacial score (nSPS) is 14.1. The van der Waals surface area contributed by atoms with Crippen molar-refractivity contribution in [1.29, 1.82) is 0 Å². The van der Waals surface area contributed by atoms with Crippen molar-refractivity contribution in [2.75, 3.05) is 11.5 Å². The van der Waals surface area contributed by atoms with Gasteiger partial charge in [0.25, 0.3) is 11.8 Å². The summed E-state index contributed by atoms with van der Waals surface area (Å²) in [5.41, 5.74) is 2.17. The standard InChI is InChI=1S/C33H26Cl2N2O6/c1-2-41-29-18-22(17-28(35)30(29)43-19-21-8-4-3-5-9-21)16-26-31(38)36-33(40)37(32(26)39)24-12-14-25(15-13-24)42-20-23-10-6-7-11-27(23)34/h3-18H,2,19-20H2,1H3,(H,36,38,40)/b26-16+. The number of nitrogens with one attached hydrogen (secondary N) is 1. The summed E-state index contributed by atoms with van der Waals surface area (Å²) < 4.78 is 17.5. The fraction of sp³-hybridized carbons (Fsp3) is 0.121. The van der Waals surface area contributed by atoms with Crippen LogP contribution in [0.4, 0.5) is 10.5 Å². The highest BCUT2D eigenvalue weighted by molar-refractivity contribution is 6.39. The zero-order valence-corrected chi connectivity index (χ0v) is 24.5. The number of carbonyl (C=O) groups excluding carboxylic acids is 3. The van der Waals surface area contributed by atoms with E-state index in [1.165, 1.54) is 6.08 Å². The van der Waals surface area contributed by atoms with Gasteiger partial charge in [-0.2, -0.15) is 0 Å². The molecule has 1 aliphatic heterocycles. The molecule has 0 aliphatic carbocycles. The maximum absolute atomic E-state index is 13.4. The molecule has 4 aromatic rings. The fourth-order valence-electron chi connectivity index (χ4n) is 4.33. The quantitative estimate of drug-likeness (QED) is 0.149. The molecule has 1 heterocycles. The van der Waals surface area contributed by atoms with Gasteiger partial charge in [-0.3, -0.25) is 14.9 Å². The topological polar surface area (TPSA) is 94.2 Å². The number of halogens is 2. The molecule has 8 nitrogen and oxygen atoms in total. The molecule has 0 aromatic heterocycles. The SMILES string of the molecule is CCOc1cc(/C=C2\C(=O)NC(=O)N(c3ccc(OCc4ccccc4Cl)cc3)C2=O)cc(Cl)c1OCc1ccccc1. The Kier molecular flexibility index (Phi) is 9.29. The van der Waals surface area contributed by atoms with Gasteiger partial charge in [0.1, 0.15) is 24.5 Å². The van der Waals surface area contributed by atoms with Gasteiger partial charge in [-0.05, 0) is 66.6 Å². The van der Waals surface area contributed by atoms with Crippen molar-refractivity contribution in [3.8, 4) is 17.2 Å². The fourth-order valence-corrected chi connectivity index (χ4v) is 4.79. The first-order valence-electron chi connectivity index (χ1n) is 13.3. The monoisotopic (exact) mass is 616 g/mol. The number of carbonyl (C=O) groups is 3. The van der Waals surface area contributed by atoms with Gasteiger partial charge in [-0.1, -0.05) is 71.7 Å². The van der Waals surface area contributed by atoms with E-state index in [4.69, 9.17) is 37.4 Å². The van der Waals surface area contributed by atoms with Gasteiger partial charge >= 0.3 is 6.03 Å². The average molecular weight is 617 g/mol. The van der Waals surface area contributed by atoms with Crippen molar-refractivity contribution in [3.63, 3.8) is 0 Å². The number of benzene rings is 4. The Morgan fingerprint density at radius 3 is 2.23 bits per heavy atom. The van der Waals surface area contributed by atoms with Crippen LogP contribution in [0.15, 0.2) is 96.6 Å². The number of imide groups is 2. The highest BCUT2D eigenvalue weighted by atomic mass is 35.5. The number of hydrogen-bond donors (Lipinski definition) is 1. The predicted molar refractivity (Wildman–Crippen MR) is 165 cm³/mol. The van der Waals surface area contributed by atoms with E-state index in [1.54, 1.807) is 42.5 Å². The molecule has 0 atom stereocenters. The van der Waals surface area contributed by atoms with E-state index in [-0.39, 0.29) is 29.5 Å². The van der Waals surface area contributed by atoms with Gasteiger partial charge < -0.3 is 14.2 Å². The number of urea groups is 1. The minimum atomic E-state index is -0.866. The maximum atomic E-state index is 13.4. The lowest BCUT2D eigenvalue weighted by Crippen LogP contribution is -2.54. The van der Waals surface area contributed by atoms with Crippen LogP contribution in [-0.2, 0) is 22.8 Å². The number of anilines is 1. The average Bonchev–Trinajstić information content (AvgIpc) is 3.00. The zero-order valence-electron chi connectivity index (χ0n) is 23.0. The molecule has 0 saturated carbocycles. The second-order valence-corrected chi connectivity index (χ2v) is 10.2. The van der Waals surface area contributed by atoms with Crippen LogP contribution in [-0.4, -0.2) is 24.5 Å². The first kappa shape index (κ1) is 29.7. The van der Waals surface area contributed by atoms with E-state index in [9.17, 15) is 14.4 Å². The van der Waals surface area contributed by atoms with Crippen molar-refractivity contribution in [1.82, 2.24) is 5.32 Å². The summed E-state index contributed by atoms with van der Waals surface area (Å²) in [6, 6.07) is 25.6. The minimum absolute atomic E-state index is 0.234. The van der Waals surface area contributed by atoms with E-state index in [0.29, 0.717) is 34.4 Å². The molecule has 5 rings (SSSR count). The molecule has 1 fully saturated rings. The second-order valence-electron chi connectivity index (χ2n) is 9.37. The number of barbiturate groups is 1. The number of amides is 4. The molecule has 1 saturated heterocycles. The highest BCUT2D eigenvalue weighted by Crippen LogP contribution is 2.38.